The van der Waals surface area contributed by atoms with E-state index in [-0.39, 0.29) is 5.92 Å². The van der Waals surface area contributed by atoms with Crippen LogP contribution in [0, 0.1) is 10.1 Å². The molecule has 19 heavy (non-hydrogen) atoms. The Bertz CT molecular complexity index is 645. The van der Waals surface area contributed by atoms with Crippen molar-refractivity contribution in [3.63, 3.8) is 0 Å². The highest BCUT2D eigenvalue weighted by Gasteiger charge is 2.19. The second-order valence-electron chi connectivity index (χ2n) is 4.72. The summed E-state index contributed by atoms with van der Waals surface area (Å²) in [5, 5.41) is 15.0. The number of hydrogen-bond donors (Lipinski definition) is 1. The largest absolute Gasteiger partial charge is 0.343 e. The number of benzene rings is 1. The molecule has 0 fully saturated rings. The summed E-state index contributed by atoms with van der Waals surface area (Å²) in [7, 11) is 0. The van der Waals surface area contributed by atoms with E-state index in [9.17, 15) is 10.1 Å². The van der Waals surface area contributed by atoms with Crippen LogP contribution in [0.25, 0.3) is 10.9 Å². The summed E-state index contributed by atoms with van der Waals surface area (Å²) < 4.78 is 2.25. The summed E-state index contributed by atoms with van der Waals surface area (Å²) in [4.78, 5) is 10.1. The summed E-state index contributed by atoms with van der Waals surface area (Å²) in [6, 6.07) is 10.4. The Morgan fingerprint density at radius 3 is 3.11 bits per heavy atom. The van der Waals surface area contributed by atoms with Gasteiger partial charge >= 0.3 is 0 Å². The molecule has 3 rings (SSSR count). The van der Waals surface area contributed by atoms with Gasteiger partial charge in [0.1, 0.15) is 0 Å². The highest BCUT2D eigenvalue weighted by atomic mass is 16.6. The van der Waals surface area contributed by atoms with Crippen molar-refractivity contribution in [3.8, 4) is 0 Å². The van der Waals surface area contributed by atoms with Crippen LogP contribution in [0.1, 0.15) is 11.6 Å². The number of hydrogen-bond acceptors (Lipinski definition) is 3. The Kier molecular flexibility index (Phi) is 3.05. The first-order chi connectivity index (χ1) is 9.25. The van der Waals surface area contributed by atoms with Crippen molar-refractivity contribution in [2.45, 2.75) is 12.5 Å². The van der Waals surface area contributed by atoms with Gasteiger partial charge in [-0.2, -0.15) is 0 Å². The van der Waals surface area contributed by atoms with E-state index in [0.29, 0.717) is 0 Å². The predicted molar refractivity (Wildman–Crippen MR) is 73.7 cm³/mol. The van der Waals surface area contributed by atoms with Crippen LogP contribution in [0.2, 0.25) is 0 Å². The maximum atomic E-state index is 10.5. The van der Waals surface area contributed by atoms with Crippen molar-refractivity contribution in [1.82, 2.24) is 9.88 Å². The zero-order valence-corrected chi connectivity index (χ0v) is 10.5. The van der Waals surface area contributed by atoms with E-state index in [1.165, 1.54) is 10.9 Å². The van der Waals surface area contributed by atoms with Crippen molar-refractivity contribution < 1.29 is 4.92 Å². The fourth-order valence-corrected chi connectivity index (χ4v) is 2.68. The predicted octanol–water partition coefficient (Wildman–Crippen LogP) is 2.12. The molecular formula is C14H15N3O2. The SMILES string of the molecule is O=[N+]([O-])C=CC1CNCCn2c1cc1ccccc12. The van der Waals surface area contributed by atoms with Gasteiger partial charge in [0, 0.05) is 36.8 Å². The second-order valence-corrected chi connectivity index (χ2v) is 4.72. The van der Waals surface area contributed by atoms with Crippen LogP contribution >= 0.6 is 0 Å². The fraction of sp³-hybridized carbons (Fsp3) is 0.286. The average molecular weight is 257 g/mol. The summed E-state index contributed by atoms with van der Waals surface area (Å²) in [5.74, 6) is 0.0419. The van der Waals surface area contributed by atoms with E-state index < -0.39 is 4.92 Å². The molecule has 1 unspecified atom stereocenters. The first kappa shape index (κ1) is 11.9. The lowest BCUT2D eigenvalue weighted by Crippen LogP contribution is -2.19. The van der Waals surface area contributed by atoms with Gasteiger partial charge in [-0.25, -0.2) is 0 Å². The molecule has 2 heterocycles. The molecule has 0 saturated heterocycles. The van der Waals surface area contributed by atoms with Gasteiger partial charge in [0.15, 0.2) is 0 Å². The van der Waals surface area contributed by atoms with E-state index in [4.69, 9.17) is 0 Å². The lowest BCUT2D eigenvalue weighted by atomic mass is 10.1. The molecule has 5 nitrogen and oxygen atoms in total. The Hall–Kier alpha value is -2.14. The van der Waals surface area contributed by atoms with Crippen molar-refractivity contribution in [3.05, 3.63) is 58.4 Å². The van der Waals surface area contributed by atoms with Gasteiger partial charge in [-0.05, 0) is 23.6 Å². The Balaban J connectivity index is 2.09. The standard InChI is InChI=1S/C14H15N3O2/c18-17(19)7-5-12-10-15-6-8-16-13-4-2-1-3-11(13)9-14(12)16/h1-5,7,9,12,15H,6,8,10H2. The van der Waals surface area contributed by atoms with Gasteiger partial charge in [-0.15, -0.1) is 0 Å². The molecule has 1 aliphatic heterocycles. The monoisotopic (exact) mass is 257 g/mol. The molecule has 1 N–H and O–H groups in total. The lowest BCUT2D eigenvalue weighted by molar-refractivity contribution is -0.402. The summed E-state index contributed by atoms with van der Waals surface area (Å²) in [6.07, 6.45) is 2.71. The topological polar surface area (TPSA) is 60.1 Å². The number of rotatable bonds is 2. The molecule has 1 aromatic carbocycles. The Labute approximate surface area is 110 Å². The molecule has 0 aliphatic carbocycles. The summed E-state index contributed by atoms with van der Waals surface area (Å²) in [5.41, 5.74) is 2.34. The number of nitrogens with one attached hydrogen (secondary N) is 1. The van der Waals surface area contributed by atoms with Crippen molar-refractivity contribution in [1.29, 1.82) is 0 Å². The van der Waals surface area contributed by atoms with E-state index in [1.807, 2.05) is 12.1 Å². The molecule has 0 spiro atoms. The third-order valence-electron chi connectivity index (χ3n) is 3.54. The van der Waals surface area contributed by atoms with Crippen LogP contribution in [-0.4, -0.2) is 22.6 Å². The molecule has 5 heteroatoms. The van der Waals surface area contributed by atoms with Crippen LogP contribution in [0.15, 0.2) is 42.6 Å². The van der Waals surface area contributed by atoms with Gasteiger partial charge in [0.2, 0.25) is 6.20 Å². The lowest BCUT2D eigenvalue weighted by Gasteiger charge is -2.10. The smallest absolute Gasteiger partial charge is 0.231 e. The fourth-order valence-electron chi connectivity index (χ4n) is 2.68. The molecule has 1 atom stereocenters. The molecule has 0 bridgehead atoms. The number of para-hydroxylation sites is 1. The van der Waals surface area contributed by atoms with E-state index in [1.54, 1.807) is 6.08 Å². The van der Waals surface area contributed by atoms with Gasteiger partial charge in [0.25, 0.3) is 0 Å². The zero-order valence-electron chi connectivity index (χ0n) is 10.5. The van der Waals surface area contributed by atoms with Crippen LogP contribution in [0.4, 0.5) is 0 Å². The molecule has 1 aliphatic rings. The average Bonchev–Trinajstić information content (AvgIpc) is 2.65. The van der Waals surface area contributed by atoms with Gasteiger partial charge in [-0.1, -0.05) is 18.2 Å². The summed E-state index contributed by atoms with van der Waals surface area (Å²) >= 11 is 0. The van der Waals surface area contributed by atoms with Crippen LogP contribution in [0.3, 0.4) is 0 Å². The minimum absolute atomic E-state index is 0.0419. The molecule has 1 aromatic heterocycles. The number of nitro groups is 1. The Morgan fingerprint density at radius 1 is 1.42 bits per heavy atom. The highest BCUT2D eigenvalue weighted by Crippen LogP contribution is 2.27. The van der Waals surface area contributed by atoms with E-state index in [0.717, 1.165) is 31.5 Å². The molecule has 2 aromatic rings. The molecule has 0 radical (unpaired) electrons. The zero-order chi connectivity index (χ0) is 13.2. The van der Waals surface area contributed by atoms with Crippen LogP contribution in [0.5, 0.6) is 0 Å². The molecule has 0 saturated carbocycles. The molecule has 0 amide bonds. The van der Waals surface area contributed by atoms with Crippen LogP contribution in [-0.2, 0) is 6.54 Å². The first-order valence-corrected chi connectivity index (χ1v) is 6.36. The minimum Gasteiger partial charge on any atom is -0.343 e. The normalized spacial score (nSPS) is 19.5. The third kappa shape index (κ3) is 2.24. The quantitative estimate of drug-likeness (QED) is 0.662. The first-order valence-electron chi connectivity index (χ1n) is 6.36. The third-order valence-corrected chi connectivity index (χ3v) is 3.54. The van der Waals surface area contributed by atoms with Gasteiger partial charge < -0.3 is 9.88 Å². The number of aromatic nitrogens is 1. The van der Waals surface area contributed by atoms with Gasteiger partial charge in [0.05, 0.1) is 4.92 Å². The van der Waals surface area contributed by atoms with Crippen molar-refractivity contribution in [2.75, 3.05) is 13.1 Å². The van der Waals surface area contributed by atoms with Gasteiger partial charge in [-0.3, -0.25) is 10.1 Å². The Morgan fingerprint density at radius 2 is 2.26 bits per heavy atom. The number of fused-ring (bicyclic) bond motifs is 3. The highest BCUT2D eigenvalue weighted by molar-refractivity contribution is 5.81. The second kappa shape index (κ2) is 4.85. The minimum atomic E-state index is -0.405. The van der Waals surface area contributed by atoms with E-state index in [2.05, 4.69) is 28.1 Å². The maximum absolute atomic E-state index is 10.5. The number of nitrogens with zero attached hydrogens (tertiary/aromatic N) is 2. The van der Waals surface area contributed by atoms with Crippen molar-refractivity contribution in [2.24, 2.45) is 0 Å². The molecule has 98 valence electrons. The van der Waals surface area contributed by atoms with Crippen LogP contribution < -0.4 is 5.32 Å². The summed E-state index contributed by atoms with van der Waals surface area (Å²) in [6.45, 7) is 2.51. The van der Waals surface area contributed by atoms with Crippen molar-refractivity contribution >= 4 is 10.9 Å². The maximum Gasteiger partial charge on any atom is 0.231 e. The molecular weight excluding hydrogens is 242 g/mol. The van der Waals surface area contributed by atoms with E-state index >= 15 is 0 Å².